The zero-order valence-corrected chi connectivity index (χ0v) is 24.6. The van der Waals surface area contributed by atoms with Crippen molar-refractivity contribution in [3.63, 3.8) is 0 Å². The molecule has 0 amide bonds. The normalized spacial score (nSPS) is 24.5. The van der Waals surface area contributed by atoms with Crippen LogP contribution in [0.5, 0.6) is 5.75 Å². The van der Waals surface area contributed by atoms with Crippen LogP contribution in [-0.4, -0.2) is 80.8 Å². The van der Waals surface area contributed by atoms with E-state index in [0.717, 1.165) is 12.8 Å². The predicted octanol–water partition coefficient (Wildman–Crippen LogP) is 2.74. The summed E-state index contributed by atoms with van der Waals surface area (Å²) in [5.41, 5.74) is 6.62. The van der Waals surface area contributed by atoms with Gasteiger partial charge in [-0.1, -0.05) is 18.2 Å². The van der Waals surface area contributed by atoms with E-state index < -0.39 is 57.1 Å². The second kappa shape index (κ2) is 12.1. The van der Waals surface area contributed by atoms with Crippen LogP contribution in [0.4, 0.5) is 16.2 Å². The number of rotatable bonds is 12. The number of nitrogens with two attached hydrogens (primary N) is 1. The van der Waals surface area contributed by atoms with Gasteiger partial charge >= 0.3 is 13.7 Å². The third kappa shape index (κ3) is 6.50. The highest BCUT2D eigenvalue weighted by Crippen LogP contribution is 2.46. The highest BCUT2D eigenvalue weighted by molar-refractivity contribution is 7.52. The van der Waals surface area contributed by atoms with E-state index >= 15 is 4.39 Å². The van der Waals surface area contributed by atoms with Gasteiger partial charge in [0.15, 0.2) is 29.4 Å². The third-order valence-electron chi connectivity index (χ3n) is 6.85. The van der Waals surface area contributed by atoms with Crippen LogP contribution in [0.15, 0.2) is 36.7 Å². The van der Waals surface area contributed by atoms with E-state index in [0.29, 0.717) is 17.4 Å². The minimum Gasteiger partial charge on any atom is -0.462 e. The number of hydrogen-bond acceptors (Lipinski definition) is 12. The predicted molar refractivity (Wildman–Crippen MR) is 150 cm³/mol. The number of carbonyl (C=O) groups excluding carboxylic acids is 1. The fraction of sp³-hybridized carbons (Fsp3) is 0.538. The minimum absolute atomic E-state index is 0.0178. The molecule has 2 aromatic heterocycles. The summed E-state index contributed by atoms with van der Waals surface area (Å²) in [6, 6.07) is 7.40. The Labute approximate surface area is 241 Å². The van der Waals surface area contributed by atoms with Crippen LogP contribution >= 0.6 is 7.75 Å². The molecule has 3 heterocycles. The van der Waals surface area contributed by atoms with Crippen molar-refractivity contribution in [3.05, 3.63) is 36.7 Å². The molecule has 228 valence electrons. The minimum atomic E-state index is -4.27. The van der Waals surface area contributed by atoms with Crippen LogP contribution in [0.25, 0.3) is 11.2 Å². The lowest BCUT2D eigenvalue weighted by atomic mass is 10.1. The van der Waals surface area contributed by atoms with Crippen molar-refractivity contribution >= 4 is 36.6 Å². The Morgan fingerprint density at radius 2 is 2.00 bits per heavy atom. The smallest absolute Gasteiger partial charge is 0.459 e. The number of aliphatic hydroxyl groups is 1. The number of halogens is 1. The number of para-hydroxylation sites is 1. The van der Waals surface area contributed by atoms with Gasteiger partial charge in [0.25, 0.3) is 0 Å². The van der Waals surface area contributed by atoms with Crippen LogP contribution in [-0.2, 0) is 23.4 Å². The van der Waals surface area contributed by atoms with E-state index in [-0.39, 0.29) is 17.3 Å². The number of hydrogen-bond donors (Lipinski definition) is 3. The molecule has 42 heavy (non-hydrogen) atoms. The number of alkyl halides is 1. The second-order valence-corrected chi connectivity index (χ2v) is 12.3. The Balaban J connectivity index is 1.34. The molecule has 2 aliphatic rings. The van der Waals surface area contributed by atoms with E-state index in [9.17, 15) is 14.5 Å². The molecule has 0 spiro atoms. The first-order valence-electron chi connectivity index (χ1n) is 13.6. The molecule has 2 fully saturated rings. The maximum atomic E-state index is 15.5. The zero-order chi connectivity index (χ0) is 30.2. The summed E-state index contributed by atoms with van der Waals surface area (Å²) in [4.78, 5) is 27.3. The summed E-state index contributed by atoms with van der Waals surface area (Å²) in [5, 5.41) is 13.3. The van der Waals surface area contributed by atoms with Gasteiger partial charge in [-0.05, 0) is 45.7 Å². The average Bonchev–Trinajstić information content (AvgIpc) is 3.65. The van der Waals surface area contributed by atoms with Gasteiger partial charge < -0.3 is 29.7 Å². The van der Waals surface area contributed by atoms with Crippen molar-refractivity contribution in [2.24, 2.45) is 0 Å². The Hall–Kier alpha value is -3.36. The Kier molecular flexibility index (Phi) is 8.67. The summed E-state index contributed by atoms with van der Waals surface area (Å²) in [6.07, 6.45) is -3.20. The highest BCUT2D eigenvalue weighted by atomic mass is 31.2. The molecular formula is C26H35FN7O7P. The number of esters is 1. The van der Waals surface area contributed by atoms with Crippen molar-refractivity contribution in [1.29, 1.82) is 0 Å². The van der Waals surface area contributed by atoms with Gasteiger partial charge in [-0.2, -0.15) is 15.1 Å². The van der Waals surface area contributed by atoms with Gasteiger partial charge in [0.05, 0.1) is 19.0 Å². The van der Waals surface area contributed by atoms with Crippen LogP contribution in [0.2, 0.25) is 0 Å². The van der Waals surface area contributed by atoms with Crippen LogP contribution in [0.1, 0.15) is 39.8 Å². The zero-order valence-electron chi connectivity index (χ0n) is 23.7. The summed E-state index contributed by atoms with van der Waals surface area (Å²) >= 11 is 0. The molecule has 5 rings (SSSR count). The average molecular weight is 608 g/mol. The molecule has 3 aromatic rings. The molecule has 14 nitrogen and oxygen atoms in total. The molecule has 16 heteroatoms. The number of imidazole rings is 1. The monoisotopic (exact) mass is 607 g/mol. The lowest BCUT2D eigenvalue weighted by Crippen LogP contribution is -2.37. The number of aromatic nitrogens is 4. The molecule has 4 N–H and O–H groups in total. The largest absolute Gasteiger partial charge is 0.462 e. The molecule has 6 atom stereocenters. The van der Waals surface area contributed by atoms with Crippen molar-refractivity contribution in [3.8, 4) is 5.75 Å². The number of nitrogen functional groups attached to an aromatic ring is 1. The quantitative estimate of drug-likeness (QED) is 0.203. The third-order valence-corrected chi connectivity index (χ3v) is 8.50. The standard InChI is InChI=1S/C26H35FN7O7P/c1-14(2)39-25(36)15(3)32-42(37,41-17-8-6-5-7-9-17)38-12-18-21(35)19(27)24(40-18)34-13-29-20-22(33(4)16-10-11-16)30-26(28)31-23(20)34/h5-9,13-16,18-19,21,24,35H,10-12H2,1-4H3,(H,32,37)(H2,28,30,31)/t15-,18-,19+,21-,24-,42?/m1/s1. The molecule has 1 aromatic carbocycles. The maximum Gasteiger partial charge on any atom is 0.459 e. The Bertz CT molecular complexity index is 1460. The Morgan fingerprint density at radius 3 is 2.67 bits per heavy atom. The summed E-state index contributed by atoms with van der Waals surface area (Å²) < 4.78 is 52.8. The topological polar surface area (TPSA) is 176 Å². The number of nitrogens with one attached hydrogen (secondary N) is 1. The van der Waals surface area contributed by atoms with E-state index in [1.165, 1.54) is 17.8 Å². The molecule has 1 unspecified atom stereocenters. The maximum absolute atomic E-state index is 15.5. The van der Waals surface area contributed by atoms with Crippen LogP contribution in [0.3, 0.4) is 0 Å². The number of carbonyl (C=O) groups is 1. The lowest BCUT2D eigenvalue weighted by Gasteiger charge is -2.25. The first-order valence-corrected chi connectivity index (χ1v) is 15.2. The molecule has 0 radical (unpaired) electrons. The number of aliphatic hydroxyl groups excluding tert-OH is 1. The molecule has 0 bridgehead atoms. The first kappa shape index (κ1) is 30.1. The van der Waals surface area contributed by atoms with Crippen molar-refractivity contribution in [2.75, 3.05) is 24.3 Å². The highest BCUT2D eigenvalue weighted by Gasteiger charge is 2.47. The fourth-order valence-corrected chi connectivity index (χ4v) is 6.06. The van der Waals surface area contributed by atoms with Crippen molar-refractivity contribution in [2.45, 2.75) is 76.4 Å². The van der Waals surface area contributed by atoms with Crippen molar-refractivity contribution in [1.82, 2.24) is 24.6 Å². The SMILES string of the molecule is CC(C)OC(=O)[C@@H](C)NP(=O)(OC[C@H]1O[C@@H](n2cnc3c(N(C)C4CC4)nc(N)nc32)[C@@H](F)[C@@H]1O)Oc1ccccc1. The Morgan fingerprint density at radius 1 is 1.29 bits per heavy atom. The number of ether oxygens (including phenoxy) is 2. The number of benzene rings is 1. The van der Waals surface area contributed by atoms with E-state index in [2.05, 4.69) is 20.0 Å². The fourth-order valence-electron chi connectivity index (χ4n) is 4.56. The number of nitrogens with zero attached hydrogens (tertiary/aromatic N) is 5. The molecule has 1 aliphatic heterocycles. The van der Waals surface area contributed by atoms with Crippen molar-refractivity contribution < 1.29 is 37.4 Å². The van der Waals surface area contributed by atoms with E-state index in [4.69, 9.17) is 24.3 Å². The number of anilines is 2. The second-order valence-electron chi connectivity index (χ2n) is 10.6. The molecule has 1 saturated heterocycles. The van der Waals surface area contributed by atoms with Gasteiger partial charge in [0.2, 0.25) is 5.95 Å². The summed E-state index contributed by atoms with van der Waals surface area (Å²) in [7, 11) is -2.39. The molecule has 1 saturated carbocycles. The van der Waals surface area contributed by atoms with Gasteiger partial charge in [-0.3, -0.25) is 13.9 Å². The number of fused-ring (bicyclic) bond motifs is 1. The molecule has 1 aliphatic carbocycles. The van der Waals surface area contributed by atoms with E-state index in [1.807, 2.05) is 11.9 Å². The van der Waals surface area contributed by atoms with Crippen LogP contribution < -0.4 is 20.2 Å². The lowest BCUT2D eigenvalue weighted by molar-refractivity contribution is -0.149. The van der Waals surface area contributed by atoms with E-state index in [1.54, 1.807) is 44.2 Å². The summed E-state index contributed by atoms with van der Waals surface area (Å²) in [6.45, 7) is 4.26. The van der Waals surface area contributed by atoms with Gasteiger partial charge in [-0.15, -0.1) is 0 Å². The van der Waals surface area contributed by atoms with Gasteiger partial charge in [0.1, 0.15) is 24.0 Å². The van der Waals surface area contributed by atoms with Gasteiger partial charge in [0, 0.05) is 13.1 Å². The van der Waals surface area contributed by atoms with Gasteiger partial charge in [-0.25, -0.2) is 13.9 Å². The van der Waals surface area contributed by atoms with Crippen LogP contribution in [0, 0.1) is 0 Å². The first-order chi connectivity index (χ1) is 20.0. The molecular weight excluding hydrogens is 572 g/mol. The summed E-state index contributed by atoms with van der Waals surface area (Å²) in [5.74, 6) is 0.0195.